The van der Waals surface area contributed by atoms with Crippen LogP contribution in [0, 0.1) is 17.0 Å². The molecule has 2 amide bonds. The van der Waals surface area contributed by atoms with Gasteiger partial charge in [-0.15, -0.1) is 0 Å². The fourth-order valence-electron chi connectivity index (χ4n) is 1.88. The van der Waals surface area contributed by atoms with Crippen molar-refractivity contribution in [3.8, 4) is 0 Å². The first-order valence-electron chi connectivity index (χ1n) is 7.25. The van der Waals surface area contributed by atoms with E-state index in [2.05, 4.69) is 10.6 Å². The van der Waals surface area contributed by atoms with Crippen molar-refractivity contribution in [3.63, 3.8) is 0 Å². The minimum Gasteiger partial charge on any atom is -0.452 e. The second kappa shape index (κ2) is 8.61. The number of esters is 1. The van der Waals surface area contributed by atoms with Crippen LogP contribution in [0.3, 0.4) is 0 Å². The van der Waals surface area contributed by atoms with Crippen LogP contribution in [0.4, 0.5) is 5.69 Å². The molecule has 1 atom stereocenters. The molecule has 0 heterocycles. The molecule has 0 radical (unpaired) electrons. The Labute approximate surface area is 138 Å². The monoisotopic (exact) mass is 337 g/mol. The Morgan fingerprint density at radius 3 is 2.54 bits per heavy atom. The summed E-state index contributed by atoms with van der Waals surface area (Å²) in [6.45, 7) is 4.63. The van der Waals surface area contributed by atoms with Crippen molar-refractivity contribution in [3.05, 3.63) is 39.4 Å². The third kappa shape index (κ3) is 5.34. The van der Waals surface area contributed by atoms with Gasteiger partial charge in [-0.25, -0.2) is 4.79 Å². The average Bonchev–Trinajstić information content (AvgIpc) is 2.52. The molecule has 0 spiro atoms. The van der Waals surface area contributed by atoms with Crippen molar-refractivity contribution in [2.45, 2.75) is 26.8 Å². The van der Waals surface area contributed by atoms with Crippen LogP contribution in [-0.2, 0) is 14.3 Å². The van der Waals surface area contributed by atoms with Gasteiger partial charge in [0.05, 0.1) is 10.5 Å². The summed E-state index contributed by atoms with van der Waals surface area (Å²) >= 11 is 0. The van der Waals surface area contributed by atoms with Crippen molar-refractivity contribution in [1.29, 1.82) is 0 Å². The number of nitrogens with zero attached hydrogens (tertiary/aromatic N) is 1. The Balaban J connectivity index is 2.57. The lowest BCUT2D eigenvalue weighted by Crippen LogP contribution is -2.46. The van der Waals surface area contributed by atoms with Crippen LogP contribution in [0.1, 0.15) is 29.8 Å². The molecule has 0 saturated carbocycles. The Kier molecular flexibility index (Phi) is 6.84. The van der Waals surface area contributed by atoms with Gasteiger partial charge in [0.25, 0.3) is 11.6 Å². The van der Waals surface area contributed by atoms with Gasteiger partial charge in [-0.3, -0.25) is 19.7 Å². The molecule has 9 nitrogen and oxygen atoms in total. The van der Waals surface area contributed by atoms with Crippen LogP contribution in [-0.4, -0.2) is 41.9 Å². The van der Waals surface area contributed by atoms with Crippen LogP contribution in [0.5, 0.6) is 0 Å². The van der Waals surface area contributed by atoms with E-state index in [0.717, 1.165) is 0 Å². The van der Waals surface area contributed by atoms with Crippen molar-refractivity contribution < 1.29 is 24.0 Å². The Bertz CT molecular complexity index is 659. The maximum absolute atomic E-state index is 11.9. The van der Waals surface area contributed by atoms with Crippen LogP contribution in [0.25, 0.3) is 0 Å². The highest BCUT2D eigenvalue weighted by Crippen LogP contribution is 2.19. The second-order valence-electron chi connectivity index (χ2n) is 5.02. The number of hydrogen-bond donors (Lipinski definition) is 2. The van der Waals surface area contributed by atoms with Crippen molar-refractivity contribution in [2.24, 2.45) is 0 Å². The topological polar surface area (TPSA) is 128 Å². The van der Waals surface area contributed by atoms with Crippen molar-refractivity contribution >= 4 is 23.5 Å². The molecular formula is C15H19N3O6. The van der Waals surface area contributed by atoms with E-state index in [1.165, 1.54) is 32.0 Å². The van der Waals surface area contributed by atoms with Gasteiger partial charge in [0.2, 0.25) is 5.91 Å². The quantitative estimate of drug-likeness (QED) is 0.428. The molecule has 0 bridgehead atoms. The minimum absolute atomic E-state index is 0.0997. The number of rotatable bonds is 7. The van der Waals surface area contributed by atoms with Gasteiger partial charge in [-0.05, 0) is 32.9 Å². The van der Waals surface area contributed by atoms with E-state index >= 15 is 0 Å². The number of likely N-dealkylation sites (N-methyl/N-ethyl adjacent to an activating group) is 1. The zero-order valence-corrected chi connectivity index (χ0v) is 13.6. The van der Waals surface area contributed by atoms with Gasteiger partial charge in [-0.1, -0.05) is 0 Å². The van der Waals surface area contributed by atoms with Gasteiger partial charge in [0.1, 0.15) is 6.04 Å². The predicted molar refractivity (Wildman–Crippen MR) is 84.4 cm³/mol. The maximum Gasteiger partial charge on any atom is 0.338 e. The van der Waals surface area contributed by atoms with E-state index < -0.39 is 29.4 Å². The molecule has 2 N–H and O–H groups in total. The summed E-state index contributed by atoms with van der Waals surface area (Å²) < 4.78 is 4.83. The molecule has 1 aromatic carbocycles. The first-order valence-corrected chi connectivity index (χ1v) is 7.25. The molecule has 0 aliphatic carbocycles. The molecule has 9 heteroatoms. The van der Waals surface area contributed by atoms with Gasteiger partial charge < -0.3 is 15.4 Å². The number of ether oxygens (including phenoxy) is 1. The number of nitro groups is 1. The lowest BCUT2D eigenvalue weighted by atomic mass is 10.1. The lowest BCUT2D eigenvalue weighted by Gasteiger charge is -2.13. The van der Waals surface area contributed by atoms with Gasteiger partial charge in [-0.2, -0.15) is 0 Å². The van der Waals surface area contributed by atoms with Crippen LogP contribution in [0.2, 0.25) is 0 Å². The summed E-state index contributed by atoms with van der Waals surface area (Å²) in [6, 6.07) is 3.01. The molecule has 0 saturated heterocycles. The van der Waals surface area contributed by atoms with E-state index in [-0.39, 0.29) is 17.2 Å². The summed E-state index contributed by atoms with van der Waals surface area (Å²) in [5.74, 6) is -1.75. The van der Waals surface area contributed by atoms with E-state index in [0.29, 0.717) is 12.1 Å². The zero-order chi connectivity index (χ0) is 18.3. The van der Waals surface area contributed by atoms with Gasteiger partial charge in [0.15, 0.2) is 6.61 Å². The number of hydrogen-bond acceptors (Lipinski definition) is 6. The number of aryl methyl sites for hydroxylation is 1. The molecule has 0 aliphatic rings. The van der Waals surface area contributed by atoms with Crippen molar-refractivity contribution in [2.75, 3.05) is 13.2 Å². The number of nitro benzene ring substituents is 1. The fourth-order valence-corrected chi connectivity index (χ4v) is 1.88. The van der Waals surface area contributed by atoms with Crippen molar-refractivity contribution in [1.82, 2.24) is 10.6 Å². The van der Waals surface area contributed by atoms with Crippen LogP contribution in [0.15, 0.2) is 18.2 Å². The Morgan fingerprint density at radius 1 is 1.33 bits per heavy atom. The van der Waals surface area contributed by atoms with E-state index in [1.807, 2.05) is 0 Å². The Morgan fingerprint density at radius 2 is 2.00 bits per heavy atom. The van der Waals surface area contributed by atoms with Crippen LogP contribution < -0.4 is 10.6 Å². The van der Waals surface area contributed by atoms with Crippen LogP contribution >= 0.6 is 0 Å². The molecule has 0 unspecified atom stereocenters. The molecule has 1 aromatic rings. The zero-order valence-electron chi connectivity index (χ0n) is 13.6. The Hall–Kier alpha value is -2.97. The molecule has 0 aliphatic heterocycles. The summed E-state index contributed by atoms with van der Waals surface area (Å²) in [6.07, 6.45) is 0. The molecule has 0 fully saturated rings. The molecule has 1 rings (SSSR count). The lowest BCUT2D eigenvalue weighted by molar-refractivity contribution is -0.385. The van der Waals surface area contributed by atoms with E-state index in [1.54, 1.807) is 6.92 Å². The number of carbonyl (C=O) groups excluding carboxylic acids is 3. The summed E-state index contributed by atoms with van der Waals surface area (Å²) in [4.78, 5) is 45.1. The first-order chi connectivity index (χ1) is 11.3. The average molecular weight is 337 g/mol. The second-order valence-corrected chi connectivity index (χ2v) is 5.02. The van der Waals surface area contributed by atoms with Gasteiger partial charge >= 0.3 is 5.97 Å². The number of amides is 2. The highest BCUT2D eigenvalue weighted by Gasteiger charge is 2.18. The number of benzene rings is 1. The summed E-state index contributed by atoms with van der Waals surface area (Å²) in [7, 11) is 0. The SMILES string of the molecule is CCNC(=O)[C@H](C)NC(=O)COC(=O)c1ccc([N+](=O)[O-])c(C)c1. The third-order valence-electron chi connectivity index (χ3n) is 3.09. The molecule has 24 heavy (non-hydrogen) atoms. The standard InChI is InChI=1S/C15H19N3O6/c1-4-16-14(20)10(3)17-13(19)8-24-15(21)11-5-6-12(18(22)23)9(2)7-11/h5-7,10H,4,8H2,1-3H3,(H,16,20)(H,17,19)/t10-/m0/s1. The molecule has 130 valence electrons. The number of nitrogens with one attached hydrogen (secondary N) is 2. The normalized spacial score (nSPS) is 11.3. The van der Waals surface area contributed by atoms with E-state index in [9.17, 15) is 24.5 Å². The molecular weight excluding hydrogens is 318 g/mol. The van der Waals surface area contributed by atoms with Gasteiger partial charge in [0, 0.05) is 18.2 Å². The maximum atomic E-state index is 11.9. The highest BCUT2D eigenvalue weighted by atomic mass is 16.6. The fraction of sp³-hybridized carbons (Fsp3) is 0.400. The first kappa shape index (κ1) is 19.1. The summed E-state index contributed by atoms with van der Waals surface area (Å²) in [5.41, 5.74) is 0.298. The summed E-state index contributed by atoms with van der Waals surface area (Å²) in [5, 5.41) is 15.7. The smallest absolute Gasteiger partial charge is 0.338 e. The molecule has 0 aromatic heterocycles. The minimum atomic E-state index is -0.784. The van der Waals surface area contributed by atoms with E-state index in [4.69, 9.17) is 4.74 Å². The highest BCUT2D eigenvalue weighted by molar-refractivity contribution is 5.92. The largest absolute Gasteiger partial charge is 0.452 e. The predicted octanol–water partition coefficient (Wildman–Crippen LogP) is 0.701. The third-order valence-corrected chi connectivity index (χ3v) is 3.09. The number of carbonyl (C=O) groups is 3.